The molecule has 0 unspecified atom stereocenters. The molecule has 0 atom stereocenters. The lowest BCUT2D eigenvalue weighted by molar-refractivity contribution is 1.14. The van der Waals surface area contributed by atoms with E-state index in [4.69, 9.17) is 0 Å². The molecule has 0 aliphatic rings. The van der Waals surface area contributed by atoms with Crippen LogP contribution in [0.4, 0.5) is 5.69 Å². The number of aromatic nitrogens is 2. The van der Waals surface area contributed by atoms with Gasteiger partial charge in [-0.05, 0) is 60.6 Å². The van der Waals surface area contributed by atoms with Gasteiger partial charge in [-0.25, -0.2) is 9.97 Å². The number of aliphatic imine (C=N–C) groups is 1. The molecule has 0 amide bonds. The molecular formula is C21H15N3S. The van der Waals surface area contributed by atoms with Crippen LogP contribution < -0.4 is 0 Å². The largest absolute Gasteiger partial charge is 0.234 e. The van der Waals surface area contributed by atoms with Gasteiger partial charge < -0.3 is 0 Å². The van der Waals surface area contributed by atoms with Crippen LogP contribution in [0.25, 0.3) is 11.4 Å². The predicted octanol–water partition coefficient (Wildman–Crippen LogP) is 4.84. The fraction of sp³-hybridized carbons (Fsp3) is 0.0952. The van der Waals surface area contributed by atoms with Crippen LogP contribution in [0, 0.1) is 11.8 Å². The summed E-state index contributed by atoms with van der Waals surface area (Å²) < 4.78 is 0. The van der Waals surface area contributed by atoms with E-state index in [-0.39, 0.29) is 0 Å². The van der Waals surface area contributed by atoms with E-state index >= 15 is 0 Å². The van der Waals surface area contributed by atoms with Crippen molar-refractivity contribution in [3.63, 3.8) is 0 Å². The lowest BCUT2D eigenvalue weighted by Crippen LogP contribution is -1.87. The van der Waals surface area contributed by atoms with Crippen LogP contribution in [0.2, 0.25) is 0 Å². The maximum absolute atomic E-state index is 4.56. The number of hydrogen-bond acceptors (Lipinski definition) is 4. The van der Waals surface area contributed by atoms with Crippen molar-refractivity contribution in [2.45, 2.75) is 13.3 Å². The molecule has 1 aromatic heterocycles. The highest BCUT2D eigenvalue weighted by Gasteiger charge is 2.01. The van der Waals surface area contributed by atoms with Crippen LogP contribution in [0.1, 0.15) is 23.6 Å². The van der Waals surface area contributed by atoms with E-state index in [1.807, 2.05) is 24.3 Å². The second-order valence-corrected chi connectivity index (χ2v) is 5.53. The normalized spacial score (nSPS) is 9.64. The third-order valence-corrected chi connectivity index (χ3v) is 3.76. The Balaban J connectivity index is 1.75. The van der Waals surface area contributed by atoms with Crippen molar-refractivity contribution in [2.24, 2.45) is 4.99 Å². The Hall–Kier alpha value is -3.12. The van der Waals surface area contributed by atoms with Gasteiger partial charge in [-0.15, -0.1) is 0 Å². The lowest BCUT2D eigenvalue weighted by atomic mass is 10.1. The summed E-state index contributed by atoms with van der Waals surface area (Å²) in [6, 6.07) is 16.2. The average molecular weight is 341 g/mol. The zero-order chi connectivity index (χ0) is 17.5. The molecule has 0 fully saturated rings. The molecule has 0 N–H and O–H groups in total. The maximum atomic E-state index is 4.56. The van der Waals surface area contributed by atoms with Gasteiger partial charge in [0.15, 0.2) is 5.82 Å². The summed E-state index contributed by atoms with van der Waals surface area (Å²) in [4.78, 5) is 12.4. The van der Waals surface area contributed by atoms with E-state index in [0.717, 1.165) is 23.1 Å². The first-order valence-electron chi connectivity index (χ1n) is 7.90. The minimum absolute atomic E-state index is 0.593. The van der Waals surface area contributed by atoms with Gasteiger partial charge in [-0.1, -0.05) is 30.9 Å². The monoisotopic (exact) mass is 341 g/mol. The molecule has 0 saturated carbocycles. The molecule has 0 radical (unpaired) electrons. The Morgan fingerprint density at radius 3 is 1.96 bits per heavy atom. The molecule has 0 aliphatic carbocycles. The number of hydrogen-bond donors (Lipinski definition) is 0. The summed E-state index contributed by atoms with van der Waals surface area (Å²) in [6.45, 7) is 2.14. The van der Waals surface area contributed by atoms with Gasteiger partial charge >= 0.3 is 0 Å². The Kier molecular flexibility index (Phi) is 5.43. The van der Waals surface area contributed by atoms with Crippen molar-refractivity contribution in [3.05, 3.63) is 77.6 Å². The van der Waals surface area contributed by atoms with Crippen LogP contribution in [-0.4, -0.2) is 15.1 Å². The van der Waals surface area contributed by atoms with Crippen molar-refractivity contribution >= 4 is 23.1 Å². The van der Waals surface area contributed by atoms with E-state index in [2.05, 4.69) is 75.4 Å². The number of nitrogens with zero attached hydrogens (tertiary/aromatic N) is 3. The molecule has 25 heavy (non-hydrogen) atoms. The van der Waals surface area contributed by atoms with Crippen molar-refractivity contribution in [1.29, 1.82) is 0 Å². The van der Waals surface area contributed by atoms with Gasteiger partial charge in [0.05, 0.1) is 17.6 Å². The summed E-state index contributed by atoms with van der Waals surface area (Å²) in [7, 11) is 0. The van der Waals surface area contributed by atoms with E-state index in [1.54, 1.807) is 12.4 Å². The van der Waals surface area contributed by atoms with Gasteiger partial charge in [-0.3, -0.25) is 0 Å². The molecule has 2 aromatic carbocycles. The second kappa shape index (κ2) is 8.12. The third-order valence-electron chi connectivity index (χ3n) is 3.67. The highest BCUT2D eigenvalue weighted by atomic mass is 32.1. The molecular weight excluding hydrogens is 326 g/mol. The molecule has 3 aromatic rings. The Morgan fingerprint density at radius 1 is 0.880 bits per heavy atom. The van der Waals surface area contributed by atoms with Gasteiger partial charge in [0.2, 0.25) is 0 Å². The molecule has 0 bridgehead atoms. The average Bonchev–Trinajstić information content (AvgIpc) is 2.68. The minimum atomic E-state index is 0.593. The van der Waals surface area contributed by atoms with Gasteiger partial charge in [0.25, 0.3) is 0 Å². The number of aryl methyl sites for hydroxylation is 1. The highest BCUT2D eigenvalue weighted by Crippen LogP contribution is 2.17. The Labute approximate surface area is 152 Å². The third kappa shape index (κ3) is 4.45. The predicted molar refractivity (Wildman–Crippen MR) is 104 cm³/mol. The second-order valence-electron chi connectivity index (χ2n) is 5.35. The fourth-order valence-electron chi connectivity index (χ4n) is 2.25. The SMILES string of the molecule is CCc1ccc(C#Cc2ccc(-c3ncc(N=C=S)cn3)cc2)cc1. The standard InChI is InChI=1S/C21H15N3S/c1-2-16-3-5-17(6-4-16)7-8-18-9-11-19(12-10-18)21-22-13-20(14-23-21)24-15-25/h3-6,9-14H,2H2,1H3. The van der Waals surface area contributed by atoms with E-state index < -0.39 is 0 Å². The van der Waals surface area contributed by atoms with Crippen molar-refractivity contribution in [1.82, 2.24) is 9.97 Å². The van der Waals surface area contributed by atoms with Crippen LogP contribution in [0.15, 0.2) is 65.9 Å². The summed E-state index contributed by atoms with van der Waals surface area (Å²) in [6.07, 6.45) is 4.28. The summed E-state index contributed by atoms with van der Waals surface area (Å²) >= 11 is 4.56. The topological polar surface area (TPSA) is 38.1 Å². The van der Waals surface area contributed by atoms with Crippen molar-refractivity contribution < 1.29 is 0 Å². The smallest absolute Gasteiger partial charge is 0.159 e. The van der Waals surface area contributed by atoms with Gasteiger partial charge in [0, 0.05) is 16.7 Å². The molecule has 0 saturated heterocycles. The van der Waals surface area contributed by atoms with Crippen LogP contribution in [0.5, 0.6) is 0 Å². The Morgan fingerprint density at radius 2 is 1.44 bits per heavy atom. The van der Waals surface area contributed by atoms with Gasteiger partial charge in [-0.2, -0.15) is 4.99 Å². The van der Waals surface area contributed by atoms with E-state index in [0.29, 0.717) is 11.5 Å². The van der Waals surface area contributed by atoms with Crippen LogP contribution in [0.3, 0.4) is 0 Å². The zero-order valence-corrected chi connectivity index (χ0v) is 14.5. The first-order valence-corrected chi connectivity index (χ1v) is 8.30. The molecule has 1 heterocycles. The molecule has 3 rings (SSSR count). The van der Waals surface area contributed by atoms with Crippen molar-refractivity contribution in [2.75, 3.05) is 0 Å². The molecule has 3 nitrogen and oxygen atoms in total. The summed E-state index contributed by atoms with van der Waals surface area (Å²) in [5, 5.41) is 2.30. The Bertz CT molecular complexity index is 957. The van der Waals surface area contributed by atoms with Crippen LogP contribution in [-0.2, 0) is 6.42 Å². The number of thiocarbonyl (C=S) groups is 1. The molecule has 0 aliphatic heterocycles. The minimum Gasteiger partial charge on any atom is -0.234 e. The molecule has 4 heteroatoms. The van der Waals surface area contributed by atoms with Gasteiger partial charge in [0.1, 0.15) is 5.69 Å². The van der Waals surface area contributed by atoms with Crippen LogP contribution >= 0.6 is 12.2 Å². The quantitative estimate of drug-likeness (QED) is 0.389. The molecule has 0 spiro atoms. The number of rotatable bonds is 3. The number of benzene rings is 2. The summed E-state index contributed by atoms with van der Waals surface area (Å²) in [5.74, 6) is 7.00. The fourth-order valence-corrected chi connectivity index (χ4v) is 2.36. The zero-order valence-electron chi connectivity index (χ0n) is 13.7. The maximum Gasteiger partial charge on any atom is 0.159 e. The summed E-state index contributed by atoms with van der Waals surface area (Å²) in [5.41, 5.74) is 4.80. The number of isothiocyanates is 1. The first kappa shape index (κ1) is 16.7. The van der Waals surface area contributed by atoms with E-state index in [9.17, 15) is 0 Å². The van der Waals surface area contributed by atoms with Crippen molar-refractivity contribution in [3.8, 4) is 23.2 Å². The van der Waals surface area contributed by atoms with E-state index in [1.165, 1.54) is 5.56 Å². The lowest BCUT2D eigenvalue weighted by Gasteiger charge is -2.00. The molecule has 120 valence electrons. The highest BCUT2D eigenvalue weighted by molar-refractivity contribution is 7.78. The first-order chi connectivity index (χ1) is 12.3.